The summed E-state index contributed by atoms with van der Waals surface area (Å²) < 4.78 is 0. The van der Waals surface area contributed by atoms with Crippen molar-refractivity contribution in [2.75, 3.05) is 11.5 Å². The number of aryl methyl sites for hydroxylation is 4. The van der Waals surface area contributed by atoms with Gasteiger partial charge < -0.3 is 11.5 Å². The van der Waals surface area contributed by atoms with Crippen LogP contribution in [0.4, 0.5) is 11.4 Å². The van der Waals surface area contributed by atoms with Crippen molar-refractivity contribution in [2.24, 2.45) is 0 Å². The van der Waals surface area contributed by atoms with Crippen LogP contribution in [0, 0.1) is 0 Å². The third-order valence-electron chi connectivity index (χ3n) is 12.8. The molecule has 324 valence electrons. The summed E-state index contributed by atoms with van der Waals surface area (Å²) in [5, 5.41) is 0. The molecule has 0 heterocycles. The molecule has 4 aromatic rings. The molecule has 0 aliphatic carbocycles. The Kier molecular flexibility index (Phi) is 24.9. The lowest BCUT2D eigenvalue weighted by molar-refractivity contribution is 0.530. The molecule has 2 nitrogen and oxygen atoms in total. The van der Waals surface area contributed by atoms with E-state index in [0.717, 1.165) is 37.1 Å². The van der Waals surface area contributed by atoms with Crippen molar-refractivity contribution in [3.8, 4) is 0 Å². The predicted octanol–water partition coefficient (Wildman–Crippen LogP) is 16.7. The van der Waals surface area contributed by atoms with Crippen LogP contribution in [0.15, 0.2) is 84.9 Å². The van der Waals surface area contributed by atoms with Crippen LogP contribution in [0.25, 0.3) is 0 Å². The molecule has 0 unspecified atom stereocenters. The molecule has 0 aliphatic heterocycles. The number of hydrogen-bond acceptors (Lipinski definition) is 2. The van der Waals surface area contributed by atoms with Gasteiger partial charge in [0.05, 0.1) is 0 Å². The lowest BCUT2D eigenvalue weighted by Gasteiger charge is -2.12. The standard InChI is InChI=1S/C57H86N2/c1-3-5-7-20-26-30-52-46-56(58)42-40-54(52)44-50-36-32-48(33-37-50)28-24-22-18-16-14-12-10-9-11-13-15-17-19-23-25-29-49-34-38-51(39-35-49)45-55-41-43-57(59)47-53(55)31-27-21-8-6-4-2/h32-43,46-47H,3-31,44-45,58-59H2,1-2H3. The van der Waals surface area contributed by atoms with E-state index in [2.05, 4.69) is 98.8 Å². The molecule has 0 radical (unpaired) electrons. The second-order valence-electron chi connectivity index (χ2n) is 18.2. The highest BCUT2D eigenvalue weighted by atomic mass is 14.5. The van der Waals surface area contributed by atoms with Gasteiger partial charge in [-0.3, -0.25) is 0 Å². The monoisotopic (exact) mass is 799 g/mol. The van der Waals surface area contributed by atoms with E-state index < -0.39 is 0 Å². The van der Waals surface area contributed by atoms with E-state index in [1.54, 1.807) is 0 Å². The SMILES string of the molecule is CCCCCCCc1cc(N)ccc1Cc1ccc(CCCCCCCCCCCCCCCCCc2ccc(Cc3ccc(N)cc3CCCCCCC)cc2)cc1. The summed E-state index contributed by atoms with van der Waals surface area (Å²) in [6.45, 7) is 4.56. The largest absolute Gasteiger partial charge is 0.399 e. The zero-order chi connectivity index (χ0) is 41.6. The second-order valence-corrected chi connectivity index (χ2v) is 18.2. The van der Waals surface area contributed by atoms with E-state index in [1.807, 2.05) is 0 Å². The fourth-order valence-corrected chi connectivity index (χ4v) is 8.98. The maximum atomic E-state index is 6.16. The van der Waals surface area contributed by atoms with Crippen molar-refractivity contribution in [3.05, 3.63) is 129 Å². The first-order valence-corrected chi connectivity index (χ1v) is 24.9. The quantitative estimate of drug-likeness (QED) is 0.0365. The van der Waals surface area contributed by atoms with Crippen LogP contribution in [-0.2, 0) is 38.5 Å². The van der Waals surface area contributed by atoms with Crippen LogP contribution in [0.5, 0.6) is 0 Å². The van der Waals surface area contributed by atoms with Gasteiger partial charge in [0.15, 0.2) is 0 Å². The molecule has 0 spiro atoms. The molecule has 0 atom stereocenters. The van der Waals surface area contributed by atoms with E-state index in [9.17, 15) is 0 Å². The predicted molar refractivity (Wildman–Crippen MR) is 262 cm³/mol. The van der Waals surface area contributed by atoms with Gasteiger partial charge in [-0.25, -0.2) is 0 Å². The van der Waals surface area contributed by atoms with E-state index in [4.69, 9.17) is 11.5 Å². The summed E-state index contributed by atoms with van der Waals surface area (Å²) in [5.41, 5.74) is 25.7. The van der Waals surface area contributed by atoms with Gasteiger partial charge in [0, 0.05) is 11.4 Å². The Balaban J connectivity index is 0.937. The Morgan fingerprint density at radius 2 is 0.542 bits per heavy atom. The zero-order valence-electron chi connectivity index (χ0n) is 38.2. The van der Waals surface area contributed by atoms with Crippen LogP contribution in [-0.4, -0.2) is 0 Å². The van der Waals surface area contributed by atoms with Gasteiger partial charge in [0.2, 0.25) is 0 Å². The molecule has 0 aromatic heterocycles. The molecular formula is C57H86N2. The Morgan fingerprint density at radius 3 is 0.864 bits per heavy atom. The number of anilines is 2. The van der Waals surface area contributed by atoms with Crippen LogP contribution >= 0.6 is 0 Å². The fourth-order valence-electron chi connectivity index (χ4n) is 8.98. The Hall–Kier alpha value is -3.52. The van der Waals surface area contributed by atoms with Gasteiger partial charge in [-0.1, -0.05) is 209 Å². The van der Waals surface area contributed by atoms with Crippen molar-refractivity contribution in [2.45, 2.75) is 213 Å². The molecule has 0 aliphatic rings. The van der Waals surface area contributed by atoms with Crippen LogP contribution < -0.4 is 11.5 Å². The van der Waals surface area contributed by atoms with Gasteiger partial charge in [-0.15, -0.1) is 0 Å². The molecule has 4 aromatic carbocycles. The van der Waals surface area contributed by atoms with Gasteiger partial charge >= 0.3 is 0 Å². The highest BCUT2D eigenvalue weighted by Gasteiger charge is 2.08. The summed E-state index contributed by atoms with van der Waals surface area (Å²) in [6.07, 6.45) is 40.9. The molecular weight excluding hydrogens is 713 g/mol. The first-order chi connectivity index (χ1) is 29.0. The van der Waals surface area contributed by atoms with E-state index in [1.165, 1.54) is 218 Å². The summed E-state index contributed by atoms with van der Waals surface area (Å²) >= 11 is 0. The number of unbranched alkanes of at least 4 members (excludes halogenated alkanes) is 22. The van der Waals surface area contributed by atoms with Crippen LogP contribution in [0.3, 0.4) is 0 Å². The molecule has 0 fully saturated rings. The number of nitrogen functional groups attached to an aromatic ring is 2. The van der Waals surface area contributed by atoms with Crippen LogP contribution in [0.2, 0.25) is 0 Å². The van der Waals surface area contributed by atoms with Crippen molar-refractivity contribution in [1.29, 1.82) is 0 Å². The average Bonchev–Trinajstić information content (AvgIpc) is 3.24. The minimum atomic E-state index is 0.896. The number of nitrogens with two attached hydrogens (primary N) is 2. The summed E-state index contributed by atoms with van der Waals surface area (Å²) in [6, 6.07) is 32.0. The van der Waals surface area contributed by atoms with E-state index >= 15 is 0 Å². The van der Waals surface area contributed by atoms with Crippen molar-refractivity contribution < 1.29 is 0 Å². The molecule has 0 amide bonds. The minimum Gasteiger partial charge on any atom is -0.399 e. The molecule has 0 saturated carbocycles. The van der Waals surface area contributed by atoms with E-state index in [-0.39, 0.29) is 0 Å². The van der Waals surface area contributed by atoms with E-state index in [0.29, 0.717) is 0 Å². The van der Waals surface area contributed by atoms with Gasteiger partial charge in [-0.05, 0) is 133 Å². The molecule has 2 heteroatoms. The molecule has 0 saturated heterocycles. The number of benzene rings is 4. The van der Waals surface area contributed by atoms with Gasteiger partial charge in [0.25, 0.3) is 0 Å². The average molecular weight is 799 g/mol. The lowest BCUT2D eigenvalue weighted by Crippen LogP contribution is -1.99. The second kappa shape index (κ2) is 30.5. The maximum Gasteiger partial charge on any atom is 0.0316 e. The Morgan fingerprint density at radius 1 is 0.271 bits per heavy atom. The first kappa shape index (κ1) is 48.1. The molecule has 59 heavy (non-hydrogen) atoms. The van der Waals surface area contributed by atoms with Crippen molar-refractivity contribution in [3.63, 3.8) is 0 Å². The molecule has 4 rings (SSSR count). The normalized spacial score (nSPS) is 11.4. The smallest absolute Gasteiger partial charge is 0.0316 e. The third-order valence-corrected chi connectivity index (χ3v) is 12.8. The molecule has 0 bridgehead atoms. The Labute approximate surface area is 363 Å². The first-order valence-electron chi connectivity index (χ1n) is 24.9. The highest BCUT2D eigenvalue weighted by Crippen LogP contribution is 2.24. The van der Waals surface area contributed by atoms with Crippen molar-refractivity contribution in [1.82, 2.24) is 0 Å². The van der Waals surface area contributed by atoms with Crippen LogP contribution in [0.1, 0.15) is 219 Å². The highest BCUT2D eigenvalue weighted by molar-refractivity contribution is 5.47. The zero-order valence-corrected chi connectivity index (χ0v) is 38.2. The van der Waals surface area contributed by atoms with Gasteiger partial charge in [-0.2, -0.15) is 0 Å². The maximum absolute atomic E-state index is 6.16. The molecule has 4 N–H and O–H groups in total. The Bertz CT molecular complexity index is 1510. The number of hydrogen-bond donors (Lipinski definition) is 2. The summed E-state index contributed by atoms with van der Waals surface area (Å²) in [7, 11) is 0. The lowest BCUT2D eigenvalue weighted by atomic mass is 9.94. The summed E-state index contributed by atoms with van der Waals surface area (Å²) in [4.78, 5) is 0. The topological polar surface area (TPSA) is 52.0 Å². The fraction of sp³-hybridized carbons (Fsp3) is 0.579. The third kappa shape index (κ3) is 21.0. The van der Waals surface area contributed by atoms with Crippen molar-refractivity contribution >= 4 is 11.4 Å². The van der Waals surface area contributed by atoms with Gasteiger partial charge in [0.1, 0.15) is 0 Å². The number of rotatable bonds is 34. The summed E-state index contributed by atoms with van der Waals surface area (Å²) in [5.74, 6) is 0. The minimum absolute atomic E-state index is 0.896.